The molecule has 20 heavy (non-hydrogen) atoms. The molecule has 0 fully saturated rings. The molecule has 0 atom stereocenters. The van der Waals surface area contributed by atoms with Gasteiger partial charge in [-0.05, 0) is 6.07 Å². The van der Waals surface area contributed by atoms with Crippen LogP contribution in [0.1, 0.15) is 5.56 Å². The third-order valence-electron chi connectivity index (χ3n) is 2.24. The molecule has 1 aromatic heterocycles. The number of aromatic nitrogens is 2. The third-order valence-corrected chi connectivity index (χ3v) is 3.89. The molecule has 0 unspecified atom stereocenters. The second-order valence-corrected chi connectivity index (χ2v) is 5.62. The Bertz CT molecular complexity index is 604. The van der Waals surface area contributed by atoms with Gasteiger partial charge in [0.2, 0.25) is 5.16 Å². The third kappa shape index (κ3) is 3.91. The van der Waals surface area contributed by atoms with Crippen LogP contribution in [0.4, 0.5) is 9.18 Å². The SMILES string of the molecule is CN(C)C(=O)Sc1nsc(OCc2ccccc2F)n1. The van der Waals surface area contributed by atoms with Crippen LogP contribution >= 0.6 is 23.3 Å². The van der Waals surface area contributed by atoms with Gasteiger partial charge in [-0.15, -0.1) is 0 Å². The van der Waals surface area contributed by atoms with Crippen molar-refractivity contribution < 1.29 is 13.9 Å². The van der Waals surface area contributed by atoms with Gasteiger partial charge < -0.3 is 9.64 Å². The van der Waals surface area contributed by atoms with E-state index in [0.717, 1.165) is 23.3 Å². The quantitative estimate of drug-likeness (QED) is 0.812. The number of ether oxygens (including phenoxy) is 1. The molecule has 1 heterocycles. The number of benzene rings is 1. The zero-order chi connectivity index (χ0) is 14.5. The van der Waals surface area contributed by atoms with E-state index in [4.69, 9.17) is 4.74 Å². The van der Waals surface area contributed by atoms with E-state index in [1.165, 1.54) is 11.0 Å². The topological polar surface area (TPSA) is 55.3 Å². The van der Waals surface area contributed by atoms with E-state index in [0.29, 0.717) is 15.9 Å². The number of rotatable bonds is 4. The summed E-state index contributed by atoms with van der Waals surface area (Å²) in [5, 5.41) is 0.475. The molecule has 0 bridgehead atoms. The maximum Gasteiger partial charge on any atom is 0.294 e. The largest absolute Gasteiger partial charge is 0.464 e. The Morgan fingerprint density at radius 3 is 2.90 bits per heavy atom. The minimum absolute atomic E-state index is 0.0770. The van der Waals surface area contributed by atoms with Crippen LogP contribution in [-0.4, -0.2) is 33.6 Å². The Morgan fingerprint density at radius 1 is 1.45 bits per heavy atom. The molecule has 5 nitrogen and oxygen atoms in total. The van der Waals surface area contributed by atoms with Crippen molar-refractivity contribution in [2.24, 2.45) is 0 Å². The van der Waals surface area contributed by atoms with Crippen LogP contribution in [-0.2, 0) is 6.61 Å². The molecule has 1 amide bonds. The lowest BCUT2D eigenvalue weighted by atomic mass is 10.2. The Balaban J connectivity index is 1.93. The van der Waals surface area contributed by atoms with Crippen LogP contribution in [0, 0.1) is 5.82 Å². The lowest BCUT2D eigenvalue weighted by molar-refractivity contribution is 0.241. The van der Waals surface area contributed by atoms with Crippen LogP contribution < -0.4 is 4.74 Å². The first-order valence-electron chi connectivity index (χ1n) is 5.65. The number of carbonyl (C=O) groups excluding carboxylic acids is 1. The molecule has 0 aliphatic heterocycles. The van der Waals surface area contributed by atoms with Gasteiger partial charge >= 0.3 is 0 Å². The van der Waals surface area contributed by atoms with Gasteiger partial charge in [-0.1, -0.05) is 18.2 Å². The zero-order valence-electron chi connectivity index (χ0n) is 10.9. The second-order valence-electron chi connectivity index (χ2n) is 3.99. The van der Waals surface area contributed by atoms with Crippen molar-refractivity contribution in [3.63, 3.8) is 0 Å². The molecular weight excluding hydrogens is 301 g/mol. The summed E-state index contributed by atoms with van der Waals surface area (Å²) in [6, 6.07) is 6.36. The van der Waals surface area contributed by atoms with Crippen molar-refractivity contribution in [3.05, 3.63) is 35.6 Å². The highest BCUT2D eigenvalue weighted by Gasteiger charge is 2.13. The molecule has 0 aliphatic carbocycles. The normalized spacial score (nSPS) is 10.3. The predicted octanol–water partition coefficient (Wildman–Crippen LogP) is 3.03. The summed E-state index contributed by atoms with van der Waals surface area (Å²) in [5.74, 6) is -0.325. The van der Waals surface area contributed by atoms with E-state index in [-0.39, 0.29) is 17.7 Å². The fourth-order valence-electron chi connectivity index (χ4n) is 1.22. The number of carbonyl (C=O) groups is 1. The maximum absolute atomic E-state index is 13.4. The number of hydrogen-bond acceptors (Lipinski definition) is 6. The summed E-state index contributed by atoms with van der Waals surface area (Å²) in [4.78, 5) is 17.0. The van der Waals surface area contributed by atoms with Gasteiger partial charge in [-0.2, -0.15) is 9.36 Å². The smallest absolute Gasteiger partial charge is 0.294 e. The van der Waals surface area contributed by atoms with Crippen molar-refractivity contribution in [1.29, 1.82) is 0 Å². The zero-order valence-corrected chi connectivity index (χ0v) is 12.5. The van der Waals surface area contributed by atoms with Crippen molar-refractivity contribution in [2.75, 3.05) is 14.1 Å². The van der Waals surface area contributed by atoms with Crippen molar-refractivity contribution in [2.45, 2.75) is 11.8 Å². The Morgan fingerprint density at radius 2 is 2.20 bits per heavy atom. The van der Waals surface area contributed by atoms with E-state index in [1.807, 2.05) is 0 Å². The van der Waals surface area contributed by atoms with E-state index in [2.05, 4.69) is 9.36 Å². The van der Waals surface area contributed by atoms with Crippen LogP contribution in [0.25, 0.3) is 0 Å². The first-order chi connectivity index (χ1) is 9.56. The summed E-state index contributed by atoms with van der Waals surface area (Å²) >= 11 is 1.95. The summed E-state index contributed by atoms with van der Waals surface area (Å²) in [6.45, 7) is 0.0770. The Hall–Kier alpha value is -1.67. The number of amides is 1. The molecule has 0 N–H and O–H groups in total. The number of thioether (sulfide) groups is 1. The second kappa shape index (κ2) is 6.67. The lowest BCUT2D eigenvalue weighted by Crippen LogP contribution is -2.16. The van der Waals surface area contributed by atoms with Gasteiger partial charge in [-0.25, -0.2) is 4.39 Å². The fourth-order valence-corrected chi connectivity index (χ4v) is 2.44. The first-order valence-corrected chi connectivity index (χ1v) is 7.24. The van der Waals surface area contributed by atoms with Gasteiger partial charge in [0.25, 0.3) is 10.4 Å². The molecule has 106 valence electrons. The van der Waals surface area contributed by atoms with Crippen LogP contribution in [0.15, 0.2) is 29.4 Å². The van der Waals surface area contributed by atoms with Crippen LogP contribution in [0.2, 0.25) is 0 Å². The highest BCUT2D eigenvalue weighted by molar-refractivity contribution is 8.13. The van der Waals surface area contributed by atoms with Gasteiger partial charge in [0, 0.05) is 43.0 Å². The Kier molecular flexibility index (Phi) is 4.91. The van der Waals surface area contributed by atoms with Gasteiger partial charge in [0.15, 0.2) is 0 Å². The fraction of sp³-hybridized carbons (Fsp3) is 0.250. The van der Waals surface area contributed by atoms with Crippen molar-refractivity contribution in [3.8, 4) is 5.19 Å². The van der Waals surface area contributed by atoms with E-state index in [1.54, 1.807) is 32.3 Å². The minimum Gasteiger partial charge on any atom is -0.464 e. The number of halogens is 1. The molecular formula is C12H12FN3O2S2. The molecule has 0 spiro atoms. The van der Waals surface area contributed by atoms with Gasteiger partial charge in [0.05, 0.1) is 0 Å². The Labute approximate surface area is 123 Å². The standard InChI is InChI=1S/C12H12FN3O2S2/c1-16(2)12(17)19-10-14-11(20-15-10)18-7-8-5-3-4-6-9(8)13/h3-6H,7H2,1-2H3. The summed E-state index contributed by atoms with van der Waals surface area (Å²) < 4.78 is 22.8. The summed E-state index contributed by atoms with van der Waals surface area (Å²) in [6.07, 6.45) is 0. The molecule has 2 rings (SSSR count). The van der Waals surface area contributed by atoms with E-state index < -0.39 is 0 Å². The molecule has 1 aromatic carbocycles. The molecule has 2 aromatic rings. The van der Waals surface area contributed by atoms with Crippen LogP contribution in [0.3, 0.4) is 0 Å². The minimum atomic E-state index is -0.325. The van der Waals surface area contributed by atoms with Crippen molar-refractivity contribution in [1.82, 2.24) is 14.3 Å². The van der Waals surface area contributed by atoms with Crippen molar-refractivity contribution >= 4 is 28.5 Å². The van der Waals surface area contributed by atoms with Gasteiger partial charge in [-0.3, -0.25) is 4.79 Å². The predicted molar refractivity (Wildman–Crippen MR) is 75.6 cm³/mol. The molecule has 0 saturated heterocycles. The average Bonchev–Trinajstić information content (AvgIpc) is 2.85. The monoisotopic (exact) mass is 313 g/mol. The van der Waals surface area contributed by atoms with Gasteiger partial charge in [0.1, 0.15) is 12.4 Å². The highest BCUT2D eigenvalue weighted by atomic mass is 32.2. The number of hydrogen-bond donors (Lipinski definition) is 0. The van der Waals surface area contributed by atoms with Crippen LogP contribution in [0.5, 0.6) is 5.19 Å². The highest BCUT2D eigenvalue weighted by Crippen LogP contribution is 2.24. The average molecular weight is 313 g/mol. The first kappa shape index (κ1) is 14.7. The van der Waals surface area contributed by atoms with E-state index in [9.17, 15) is 9.18 Å². The molecule has 0 saturated carbocycles. The molecule has 8 heteroatoms. The molecule has 0 aliphatic rings. The molecule has 0 radical (unpaired) electrons. The maximum atomic E-state index is 13.4. The number of nitrogens with zero attached hydrogens (tertiary/aromatic N) is 3. The summed E-state index contributed by atoms with van der Waals surface area (Å²) in [5.41, 5.74) is 0.446. The summed E-state index contributed by atoms with van der Waals surface area (Å²) in [7, 11) is 3.30. The lowest BCUT2D eigenvalue weighted by Gasteiger charge is -2.06. The van der Waals surface area contributed by atoms with E-state index >= 15 is 0 Å².